The molecule has 12 nitrogen and oxygen atoms in total. The highest BCUT2D eigenvalue weighted by Gasteiger charge is 2.13. The first kappa shape index (κ1) is 41.0. The van der Waals surface area contributed by atoms with Crippen LogP contribution in [-0.2, 0) is 9.47 Å². The minimum atomic E-state index is -0.534. The number of carbonyl (C=O) groups is 4. The largest absolute Gasteiger partial charge is 0.494 e. The van der Waals surface area contributed by atoms with E-state index in [0.717, 1.165) is 25.7 Å². The predicted octanol–water partition coefficient (Wildman–Crippen LogP) is 7.00. The van der Waals surface area contributed by atoms with Crippen molar-refractivity contribution in [1.82, 2.24) is 0 Å². The standard InChI is InChI=1S/C42H46O12/c43-25-3-7-29-51-39(45)31-13-21-37(22-14-31)53-41(47)33-9-17-35(18-10-33)49-27-5-1-2-6-28-50-36-19-11-34(12-20-36)42(48)54-38-23-15-32(16-24-38)40(46)52-30-8-4-26-44/h9-24,43-44H,1-8,25-30H2. The normalized spacial score (nSPS) is 10.6. The molecule has 4 rings (SSSR count). The van der Waals surface area contributed by atoms with E-state index in [1.54, 1.807) is 48.5 Å². The summed E-state index contributed by atoms with van der Waals surface area (Å²) in [5.74, 6) is -0.137. The van der Waals surface area contributed by atoms with E-state index in [2.05, 4.69) is 0 Å². The highest BCUT2D eigenvalue weighted by molar-refractivity contribution is 5.93. The van der Waals surface area contributed by atoms with Gasteiger partial charge in [0.15, 0.2) is 0 Å². The number of aliphatic hydroxyl groups is 2. The minimum absolute atomic E-state index is 0.0506. The monoisotopic (exact) mass is 742 g/mol. The Morgan fingerprint density at radius 3 is 0.981 bits per heavy atom. The molecular weight excluding hydrogens is 696 g/mol. The molecule has 54 heavy (non-hydrogen) atoms. The van der Waals surface area contributed by atoms with Gasteiger partial charge in [-0.15, -0.1) is 0 Å². The van der Waals surface area contributed by atoms with Crippen LogP contribution in [-0.4, -0.2) is 73.7 Å². The Morgan fingerprint density at radius 2 is 0.648 bits per heavy atom. The molecule has 0 spiro atoms. The van der Waals surface area contributed by atoms with Gasteiger partial charge in [-0.1, -0.05) is 0 Å². The van der Waals surface area contributed by atoms with E-state index in [1.807, 2.05) is 0 Å². The molecule has 4 aromatic rings. The molecular formula is C42H46O12. The van der Waals surface area contributed by atoms with Crippen molar-refractivity contribution in [3.05, 3.63) is 119 Å². The molecule has 0 aliphatic heterocycles. The summed E-state index contributed by atoms with van der Waals surface area (Å²) in [4.78, 5) is 49.3. The van der Waals surface area contributed by atoms with Crippen molar-refractivity contribution in [2.24, 2.45) is 0 Å². The Kier molecular flexibility index (Phi) is 17.5. The lowest BCUT2D eigenvalue weighted by atomic mass is 10.2. The van der Waals surface area contributed by atoms with Crippen LogP contribution in [0.3, 0.4) is 0 Å². The molecule has 0 bridgehead atoms. The molecule has 2 N–H and O–H groups in total. The van der Waals surface area contributed by atoms with Gasteiger partial charge in [-0.05, 0) is 148 Å². The van der Waals surface area contributed by atoms with Crippen LogP contribution in [0.2, 0.25) is 0 Å². The van der Waals surface area contributed by atoms with E-state index in [9.17, 15) is 19.2 Å². The van der Waals surface area contributed by atoms with Crippen LogP contribution >= 0.6 is 0 Å². The second-order valence-electron chi connectivity index (χ2n) is 12.1. The van der Waals surface area contributed by atoms with Gasteiger partial charge in [-0.25, -0.2) is 19.2 Å². The van der Waals surface area contributed by atoms with Gasteiger partial charge in [0, 0.05) is 13.2 Å². The van der Waals surface area contributed by atoms with Gasteiger partial charge in [-0.2, -0.15) is 0 Å². The lowest BCUT2D eigenvalue weighted by molar-refractivity contribution is 0.0484. The number of ether oxygens (including phenoxy) is 6. The molecule has 286 valence electrons. The number of unbranched alkanes of at least 4 members (excludes halogenated alkanes) is 5. The first-order chi connectivity index (χ1) is 26.4. The Hall–Kier alpha value is -5.72. The van der Waals surface area contributed by atoms with Crippen LogP contribution in [0.25, 0.3) is 0 Å². The van der Waals surface area contributed by atoms with E-state index >= 15 is 0 Å². The molecule has 0 aromatic heterocycles. The fourth-order valence-corrected chi connectivity index (χ4v) is 4.89. The van der Waals surface area contributed by atoms with Crippen LogP contribution in [0.1, 0.15) is 92.8 Å². The quantitative estimate of drug-likeness (QED) is 0.0455. The first-order valence-corrected chi connectivity index (χ1v) is 18.0. The lowest BCUT2D eigenvalue weighted by Gasteiger charge is -2.09. The summed E-state index contributed by atoms with van der Waals surface area (Å²) >= 11 is 0. The summed E-state index contributed by atoms with van der Waals surface area (Å²) < 4.78 is 32.7. The van der Waals surface area contributed by atoms with Gasteiger partial charge in [0.1, 0.15) is 23.0 Å². The molecule has 0 amide bonds. The Bertz CT molecular complexity index is 1600. The number of hydrogen-bond donors (Lipinski definition) is 2. The molecule has 12 heteroatoms. The topological polar surface area (TPSA) is 164 Å². The number of esters is 4. The first-order valence-electron chi connectivity index (χ1n) is 18.0. The van der Waals surface area contributed by atoms with Crippen LogP contribution in [0, 0.1) is 0 Å². The highest BCUT2D eigenvalue weighted by atomic mass is 16.5. The van der Waals surface area contributed by atoms with Crippen molar-refractivity contribution in [2.75, 3.05) is 39.6 Å². The minimum Gasteiger partial charge on any atom is -0.494 e. The zero-order valence-corrected chi connectivity index (χ0v) is 30.1. The van der Waals surface area contributed by atoms with Gasteiger partial charge in [0.25, 0.3) is 0 Å². The van der Waals surface area contributed by atoms with E-state index < -0.39 is 23.9 Å². The average Bonchev–Trinajstić information content (AvgIpc) is 3.20. The summed E-state index contributed by atoms with van der Waals surface area (Å²) in [5.41, 5.74) is 1.40. The van der Waals surface area contributed by atoms with Crippen molar-refractivity contribution in [3.63, 3.8) is 0 Å². The summed E-state index contributed by atoms with van der Waals surface area (Å²) in [6.45, 7) is 1.61. The molecule has 0 saturated carbocycles. The molecule has 0 aliphatic carbocycles. The predicted molar refractivity (Wildman–Crippen MR) is 198 cm³/mol. The Balaban J connectivity index is 1.05. The molecule has 0 heterocycles. The number of rotatable bonds is 23. The lowest BCUT2D eigenvalue weighted by Crippen LogP contribution is -2.09. The van der Waals surface area contributed by atoms with Crippen molar-refractivity contribution in [3.8, 4) is 23.0 Å². The molecule has 0 fully saturated rings. The summed E-state index contributed by atoms with van der Waals surface area (Å²) in [6, 6.07) is 25.6. The molecule has 0 saturated heterocycles. The molecule has 0 radical (unpaired) electrons. The van der Waals surface area contributed by atoms with Gasteiger partial charge in [0.2, 0.25) is 0 Å². The number of hydrogen-bond acceptors (Lipinski definition) is 12. The zero-order valence-electron chi connectivity index (χ0n) is 30.1. The van der Waals surface area contributed by atoms with Crippen LogP contribution < -0.4 is 18.9 Å². The summed E-state index contributed by atoms with van der Waals surface area (Å²) in [6.07, 6.45) is 5.90. The van der Waals surface area contributed by atoms with Crippen LogP contribution in [0.4, 0.5) is 0 Å². The van der Waals surface area contributed by atoms with Crippen LogP contribution in [0.5, 0.6) is 23.0 Å². The Labute approximate surface area is 314 Å². The molecule has 0 unspecified atom stereocenters. The van der Waals surface area contributed by atoms with E-state index in [1.165, 1.54) is 48.5 Å². The highest BCUT2D eigenvalue weighted by Crippen LogP contribution is 2.20. The van der Waals surface area contributed by atoms with Gasteiger partial charge in [0.05, 0.1) is 48.7 Å². The van der Waals surface area contributed by atoms with Crippen LogP contribution in [0.15, 0.2) is 97.1 Å². The third kappa shape index (κ3) is 14.4. The molecule has 0 atom stereocenters. The summed E-state index contributed by atoms with van der Waals surface area (Å²) in [7, 11) is 0. The van der Waals surface area contributed by atoms with Crippen molar-refractivity contribution < 1.29 is 57.8 Å². The average molecular weight is 743 g/mol. The number of aliphatic hydroxyl groups excluding tert-OH is 2. The second-order valence-corrected chi connectivity index (χ2v) is 12.1. The summed E-state index contributed by atoms with van der Waals surface area (Å²) in [5, 5.41) is 17.6. The van der Waals surface area contributed by atoms with E-state index in [4.69, 9.17) is 38.6 Å². The second kappa shape index (κ2) is 23.1. The SMILES string of the molecule is O=C(OCCCCO)c1ccc(OC(=O)c2ccc(OCCCCCCOc3ccc(C(=O)Oc4ccc(C(=O)OCCCCO)cc4)cc3)cc2)cc1. The fraction of sp³-hybridized carbons (Fsp3) is 0.333. The smallest absolute Gasteiger partial charge is 0.343 e. The third-order valence-electron chi connectivity index (χ3n) is 7.93. The van der Waals surface area contributed by atoms with Crippen molar-refractivity contribution in [1.29, 1.82) is 0 Å². The fourth-order valence-electron chi connectivity index (χ4n) is 4.89. The third-order valence-corrected chi connectivity index (χ3v) is 7.93. The Morgan fingerprint density at radius 1 is 0.352 bits per heavy atom. The maximum absolute atomic E-state index is 12.6. The maximum atomic E-state index is 12.6. The zero-order chi connectivity index (χ0) is 38.4. The number of carbonyl (C=O) groups excluding carboxylic acids is 4. The molecule has 4 aromatic carbocycles. The molecule has 0 aliphatic rings. The maximum Gasteiger partial charge on any atom is 0.343 e. The van der Waals surface area contributed by atoms with Gasteiger partial charge < -0.3 is 38.6 Å². The van der Waals surface area contributed by atoms with Gasteiger partial charge in [-0.3, -0.25) is 0 Å². The van der Waals surface area contributed by atoms with Gasteiger partial charge >= 0.3 is 23.9 Å². The number of benzene rings is 4. The van der Waals surface area contributed by atoms with Crippen molar-refractivity contribution in [2.45, 2.75) is 51.4 Å². The van der Waals surface area contributed by atoms with E-state index in [0.29, 0.717) is 84.1 Å². The van der Waals surface area contributed by atoms with E-state index in [-0.39, 0.29) is 26.4 Å². The van der Waals surface area contributed by atoms with Crippen molar-refractivity contribution >= 4 is 23.9 Å².